The summed E-state index contributed by atoms with van der Waals surface area (Å²) >= 11 is 0. The third-order valence-corrected chi connectivity index (χ3v) is 2.86. The Morgan fingerprint density at radius 3 is 2.11 bits per heavy atom. The first-order valence-electron chi connectivity index (χ1n) is 6.90. The number of nitriles is 1. The zero-order chi connectivity index (χ0) is 14.9. The van der Waals surface area contributed by atoms with Crippen molar-refractivity contribution < 1.29 is 9.59 Å². The van der Waals surface area contributed by atoms with Gasteiger partial charge in [0, 0.05) is 6.04 Å². The molecule has 0 aromatic carbocycles. The van der Waals surface area contributed by atoms with E-state index in [-0.39, 0.29) is 24.4 Å². The topological polar surface area (TPSA) is 82.0 Å². The van der Waals surface area contributed by atoms with Gasteiger partial charge in [-0.3, -0.25) is 9.59 Å². The van der Waals surface area contributed by atoms with Crippen molar-refractivity contribution in [3.05, 3.63) is 0 Å². The van der Waals surface area contributed by atoms with Crippen LogP contribution in [0.3, 0.4) is 0 Å². The fourth-order valence-electron chi connectivity index (χ4n) is 2.07. The highest BCUT2D eigenvalue weighted by Crippen LogP contribution is 2.29. The molecule has 0 unspecified atom stereocenters. The molecule has 0 aliphatic heterocycles. The van der Waals surface area contributed by atoms with Crippen LogP contribution in [0.4, 0.5) is 0 Å². The summed E-state index contributed by atoms with van der Waals surface area (Å²) in [6.07, 6.45) is 2.57. The van der Waals surface area contributed by atoms with Crippen LogP contribution in [0, 0.1) is 16.7 Å². The number of carbonyl (C=O) groups excluding carboxylic acids is 2. The van der Waals surface area contributed by atoms with Crippen LogP contribution in [0.25, 0.3) is 0 Å². The molecule has 0 aromatic rings. The van der Waals surface area contributed by atoms with Gasteiger partial charge < -0.3 is 10.6 Å². The smallest absolute Gasteiger partial charge is 0.240 e. The first-order chi connectivity index (χ1) is 8.91. The lowest BCUT2D eigenvalue weighted by Gasteiger charge is -2.24. The summed E-state index contributed by atoms with van der Waals surface area (Å²) in [6, 6.07) is 2.18. The van der Waals surface area contributed by atoms with Gasteiger partial charge in [0.2, 0.25) is 11.8 Å². The third-order valence-electron chi connectivity index (χ3n) is 2.86. The van der Waals surface area contributed by atoms with E-state index in [0.717, 1.165) is 12.8 Å². The van der Waals surface area contributed by atoms with E-state index in [1.165, 1.54) is 0 Å². The minimum absolute atomic E-state index is 0.0383. The second kappa shape index (κ2) is 8.52. The fraction of sp³-hybridized carbons (Fsp3) is 0.786. The maximum Gasteiger partial charge on any atom is 0.240 e. The molecule has 0 atom stereocenters. The molecule has 5 nitrogen and oxygen atoms in total. The van der Waals surface area contributed by atoms with Gasteiger partial charge in [-0.15, -0.1) is 0 Å². The lowest BCUT2D eigenvalue weighted by Crippen LogP contribution is -2.45. The summed E-state index contributed by atoms with van der Waals surface area (Å²) in [5.74, 6) is -0.569. The minimum atomic E-state index is -0.998. The van der Waals surface area contributed by atoms with Crippen LogP contribution in [0.2, 0.25) is 0 Å². The van der Waals surface area contributed by atoms with Crippen LogP contribution in [0.5, 0.6) is 0 Å². The third kappa shape index (κ3) is 5.73. The van der Waals surface area contributed by atoms with Gasteiger partial charge in [0.25, 0.3) is 0 Å². The van der Waals surface area contributed by atoms with Gasteiger partial charge in [0.15, 0.2) is 0 Å². The fourth-order valence-corrected chi connectivity index (χ4v) is 2.07. The number of nitrogens with zero attached hydrogens (tertiary/aromatic N) is 1. The first-order valence-corrected chi connectivity index (χ1v) is 6.90. The van der Waals surface area contributed by atoms with Crippen LogP contribution in [0.15, 0.2) is 0 Å². The molecule has 0 aliphatic rings. The van der Waals surface area contributed by atoms with Crippen molar-refractivity contribution in [3.63, 3.8) is 0 Å². The molecule has 0 rings (SSSR count). The molecule has 2 N–H and O–H groups in total. The Balaban J connectivity index is 4.57. The zero-order valence-electron chi connectivity index (χ0n) is 12.4. The molecular weight excluding hydrogens is 242 g/mol. The highest BCUT2D eigenvalue weighted by Gasteiger charge is 2.36. The number of carbonyl (C=O) groups is 2. The van der Waals surface area contributed by atoms with Gasteiger partial charge >= 0.3 is 0 Å². The molecule has 0 fully saturated rings. The standard InChI is InChI=1S/C14H25N3O2/c1-5-7-14(10-15,8-6-2)13(19)16-9-12(18)17-11(3)4/h11H,5-9H2,1-4H3,(H,16,19)(H,17,18). The summed E-state index contributed by atoms with van der Waals surface area (Å²) in [6.45, 7) is 7.52. The molecule has 19 heavy (non-hydrogen) atoms. The number of nitrogens with one attached hydrogen (secondary N) is 2. The quantitative estimate of drug-likeness (QED) is 0.702. The van der Waals surface area contributed by atoms with Crippen molar-refractivity contribution in [3.8, 4) is 6.07 Å². The van der Waals surface area contributed by atoms with Gasteiger partial charge in [-0.05, 0) is 26.7 Å². The van der Waals surface area contributed by atoms with Crippen LogP contribution >= 0.6 is 0 Å². The largest absolute Gasteiger partial charge is 0.352 e. The van der Waals surface area contributed by atoms with Crippen LogP contribution < -0.4 is 10.6 Å². The number of rotatable bonds is 8. The molecule has 5 heteroatoms. The highest BCUT2D eigenvalue weighted by molar-refractivity contribution is 5.89. The Morgan fingerprint density at radius 2 is 1.74 bits per heavy atom. The Hall–Kier alpha value is -1.57. The van der Waals surface area contributed by atoms with Gasteiger partial charge in [-0.25, -0.2) is 0 Å². The van der Waals surface area contributed by atoms with Crippen molar-refractivity contribution in [2.24, 2.45) is 5.41 Å². The molecule has 0 bridgehead atoms. The summed E-state index contributed by atoms with van der Waals surface area (Å²) in [5, 5.41) is 14.6. The van der Waals surface area contributed by atoms with Gasteiger partial charge in [0.1, 0.15) is 5.41 Å². The maximum atomic E-state index is 12.2. The zero-order valence-corrected chi connectivity index (χ0v) is 12.4. The van der Waals surface area contributed by atoms with E-state index in [1.54, 1.807) is 0 Å². The molecule has 2 amide bonds. The summed E-state index contributed by atoms with van der Waals surface area (Å²) in [7, 11) is 0. The van der Waals surface area contributed by atoms with E-state index < -0.39 is 5.41 Å². The van der Waals surface area contributed by atoms with E-state index in [9.17, 15) is 14.9 Å². The van der Waals surface area contributed by atoms with E-state index in [1.807, 2.05) is 27.7 Å². The predicted molar refractivity (Wildman–Crippen MR) is 74.2 cm³/mol. The van der Waals surface area contributed by atoms with Crippen molar-refractivity contribution in [2.75, 3.05) is 6.54 Å². The lowest BCUT2D eigenvalue weighted by molar-refractivity contribution is -0.131. The summed E-state index contributed by atoms with van der Waals surface area (Å²) < 4.78 is 0. The minimum Gasteiger partial charge on any atom is -0.352 e. The highest BCUT2D eigenvalue weighted by atomic mass is 16.2. The Bertz CT molecular complexity index is 339. The van der Waals surface area contributed by atoms with Crippen molar-refractivity contribution in [1.82, 2.24) is 10.6 Å². The average Bonchev–Trinajstić information content (AvgIpc) is 2.34. The number of hydrogen-bond donors (Lipinski definition) is 2. The summed E-state index contributed by atoms with van der Waals surface area (Å²) in [5.41, 5.74) is -0.998. The van der Waals surface area contributed by atoms with Gasteiger partial charge in [0.05, 0.1) is 12.6 Å². The molecule has 0 heterocycles. The van der Waals surface area contributed by atoms with Crippen molar-refractivity contribution in [1.29, 1.82) is 5.26 Å². The molecular formula is C14H25N3O2. The molecule has 0 spiro atoms. The first kappa shape index (κ1) is 17.4. The molecule has 108 valence electrons. The maximum absolute atomic E-state index is 12.2. The van der Waals surface area contributed by atoms with Gasteiger partial charge in [-0.1, -0.05) is 26.7 Å². The molecule has 0 saturated heterocycles. The van der Waals surface area contributed by atoms with Crippen molar-refractivity contribution in [2.45, 2.75) is 59.4 Å². The number of hydrogen-bond acceptors (Lipinski definition) is 3. The van der Waals surface area contributed by atoms with E-state index in [4.69, 9.17) is 0 Å². The van der Waals surface area contributed by atoms with Crippen molar-refractivity contribution >= 4 is 11.8 Å². The monoisotopic (exact) mass is 267 g/mol. The molecule has 0 radical (unpaired) electrons. The Kier molecular flexibility index (Phi) is 7.81. The number of amides is 2. The molecule has 0 aromatic heterocycles. The van der Waals surface area contributed by atoms with E-state index in [2.05, 4.69) is 16.7 Å². The lowest BCUT2D eigenvalue weighted by atomic mass is 9.80. The Morgan fingerprint density at radius 1 is 1.21 bits per heavy atom. The molecule has 0 saturated carbocycles. The van der Waals surface area contributed by atoms with Gasteiger partial charge in [-0.2, -0.15) is 5.26 Å². The van der Waals surface area contributed by atoms with E-state index >= 15 is 0 Å². The van der Waals surface area contributed by atoms with Crippen LogP contribution in [-0.4, -0.2) is 24.4 Å². The molecule has 0 aliphatic carbocycles. The normalized spacial score (nSPS) is 10.9. The van der Waals surface area contributed by atoms with Crippen LogP contribution in [0.1, 0.15) is 53.4 Å². The summed E-state index contributed by atoms with van der Waals surface area (Å²) in [4.78, 5) is 23.6. The van der Waals surface area contributed by atoms with Crippen LogP contribution in [-0.2, 0) is 9.59 Å². The average molecular weight is 267 g/mol. The second-order valence-electron chi connectivity index (χ2n) is 5.10. The Labute approximate surface area is 115 Å². The predicted octanol–water partition coefficient (Wildman–Crippen LogP) is 1.74. The SMILES string of the molecule is CCCC(C#N)(CCC)C(=O)NCC(=O)NC(C)C. The second-order valence-corrected chi connectivity index (χ2v) is 5.10. The van der Waals surface area contributed by atoms with E-state index in [0.29, 0.717) is 12.8 Å².